The van der Waals surface area contributed by atoms with Crippen molar-refractivity contribution in [3.8, 4) is 0 Å². The first-order valence-corrected chi connectivity index (χ1v) is 9.84. The molecule has 2 aromatic rings. The highest BCUT2D eigenvalue weighted by atomic mass is 19.1. The third kappa shape index (κ3) is 6.59. The second kappa shape index (κ2) is 10.8. The van der Waals surface area contributed by atoms with Gasteiger partial charge in [-0.3, -0.25) is 15.1 Å². The lowest BCUT2D eigenvalue weighted by Gasteiger charge is -2.25. The SMILES string of the molecule is CC(=O)NC(c1ccccn1)C(O)NCC1=CCC(OCc2cccc(F)c2)C=C1. The van der Waals surface area contributed by atoms with Gasteiger partial charge in [-0.15, -0.1) is 0 Å². The molecule has 7 heteroatoms. The number of pyridine rings is 1. The maximum absolute atomic E-state index is 13.2. The molecule has 0 radical (unpaired) electrons. The summed E-state index contributed by atoms with van der Waals surface area (Å²) < 4.78 is 19.0. The lowest BCUT2D eigenvalue weighted by Crippen LogP contribution is -2.44. The summed E-state index contributed by atoms with van der Waals surface area (Å²) >= 11 is 0. The fraction of sp³-hybridized carbons (Fsp3) is 0.304. The predicted molar refractivity (Wildman–Crippen MR) is 112 cm³/mol. The summed E-state index contributed by atoms with van der Waals surface area (Å²) in [5, 5.41) is 16.3. The zero-order chi connectivity index (χ0) is 21.3. The summed E-state index contributed by atoms with van der Waals surface area (Å²) in [6.45, 7) is 2.17. The van der Waals surface area contributed by atoms with E-state index in [-0.39, 0.29) is 17.8 Å². The van der Waals surface area contributed by atoms with Crippen LogP contribution in [0.5, 0.6) is 0 Å². The van der Waals surface area contributed by atoms with Gasteiger partial charge in [0.2, 0.25) is 5.91 Å². The van der Waals surface area contributed by atoms with E-state index in [1.54, 1.807) is 30.5 Å². The Morgan fingerprint density at radius 1 is 1.33 bits per heavy atom. The molecule has 0 bridgehead atoms. The predicted octanol–water partition coefficient (Wildman–Crippen LogP) is 2.78. The Morgan fingerprint density at radius 3 is 2.87 bits per heavy atom. The van der Waals surface area contributed by atoms with Gasteiger partial charge in [-0.25, -0.2) is 4.39 Å². The Hall–Kier alpha value is -2.87. The van der Waals surface area contributed by atoms with Gasteiger partial charge >= 0.3 is 0 Å². The molecule has 0 aliphatic heterocycles. The molecule has 3 rings (SSSR count). The van der Waals surface area contributed by atoms with Crippen LogP contribution in [0.15, 0.2) is 72.5 Å². The summed E-state index contributed by atoms with van der Waals surface area (Å²) in [7, 11) is 0. The number of hydrogen-bond acceptors (Lipinski definition) is 5. The molecule has 0 fully saturated rings. The minimum atomic E-state index is -1.000. The fourth-order valence-electron chi connectivity index (χ4n) is 3.16. The smallest absolute Gasteiger partial charge is 0.217 e. The largest absolute Gasteiger partial charge is 0.376 e. The van der Waals surface area contributed by atoms with Crippen LogP contribution in [0.3, 0.4) is 0 Å². The van der Waals surface area contributed by atoms with Crippen molar-refractivity contribution < 1.29 is 19.0 Å². The number of nitrogens with zero attached hydrogens (tertiary/aromatic N) is 1. The normalized spacial score (nSPS) is 17.8. The second-order valence-electron chi connectivity index (χ2n) is 7.11. The number of amides is 1. The maximum atomic E-state index is 13.2. The molecule has 3 unspecified atom stereocenters. The topological polar surface area (TPSA) is 83.5 Å². The summed E-state index contributed by atoms with van der Waals surface area (Å²) in [5.41, 5.74) is 2.37. The Kier molecular flexibility index (Phi) is 7.84. The molecule has 1 aliphatic rings. The highest BCUT2D eigenvalue weighted by Gasteiger charge is 2.23. The number of aliphatic hydroxyl groups excluding tert-OH is 1. The van der Waals surface area contributed by atoms with Gasteiger partial charge in [-0.2, -0.15) is 0 Å². The number of carbonyl (C=O) groups is 1. The van der Waals surface area contributed by atoms with Gasteiger partial charge in [0, 0.05) is 19.7 Å². The van der Waals surface area contributed by atoms with E-state index in [0.29, 0.717) is 25.3 Å². The number of benzene rings is 1. The molecule has 1 amide bonds. The number of hydrogen-bond donors (Lipinski definition) is 3. The molecule has 0 spiro atoms. The Balaban J connectivity index is 1.48. The summed E-state index contributed by atoms with van der Waals surface area (Å²) in [4.78, 5) is 15.7. The van der Waals surface area contributed by atoms with Crippen LogP contribution in [0, 0.1) is 5.82 Å². The van der Waals surface area contributed by atoms with Crippen LogP contribution in [0.2, 0.25) is 0 Å². The summed E-state index contributed by atoms with van der Waals surface area (Å²) in [5.74, 6) is -0.521. The van der Waals surface area contributed by atoms with Gasteiger partial charge in [0.15, 0.2) is 0 Å². The number of ether oxygens (including phenoxy) is 1. The van der Waals surface area contributed by atoms with Crippen LogP contribution in [0.25, 0.3) is 0 Å². The molecule has 3 N–H and O–H groups in total. The maximum Gasteiger partial charge on any atom is 0.217 e. The number of rotatable bonds is 9. The van der Waals surface area contributed by atoms with E-state index in [1.807, 2.05) is 24.3 Å². The standard InChI is InChI=1S/C23H26FN3O3/c1-16(28)27-22(21-7-2-3-12-25-21)23(29)26-14-17-8-10-20(11-9-17)30-15-18-5-4-6-19(24)13-18/h2-10,12-13,20,22-23,26,29H,11,14-15H2,1H3,(H,27,28). The van der Waals surface area contributed by atoms with Gasteiger partial charge < -0.3 is 15.2 Å². The Bertz CT molecular complexity index is 902. The van der Waals surface area contributed by atoms with Crippen molar-refractivity contribution in [2.75, 3.05) is 6.54 Å². The number of aliphatic hydroxyl groups is 1. The minimum Gasteiger partial charge on any atom is -0.376 e. The first kappa shape index (κ1) is 21.8. The van der Waals surface area contributed by atoms with E-state index in [4.69, 9.17) is 4.74 Å². The van der Waals surface area contributed by atoms with E-state index in [0.717, 1.165) is 11.1 Å². The molecule has 0 saturated carbocycles. The van der Waals surface area contributed by atoms with Crippen molar-refractivity contribution in [2.45, 2.75) is 38.3 Å². The first-order valence-electron chi connectivity index (χ1n) is 9.84. The molecular weight excluding hydrogens is 385 g/mol. The lowest BCUT2D eigenvalue weighted by molar-refractivity contribution is -0.120. The van der Waals surface area contributed by atoms with Crippen LogP contribution in [0.4, 0.5) is 4.39 Å². The van der Waals surface area contributed by atoms with E-state index >= 15 is 0 Å². The molecule has 30 heavy (non-hydrogen) atoms. The molecular formula is C23H26FN3O3. The van der Waals surface area contributed by atoms with Crippen LogP contribution in [-0.4, -0.2) is 34.9 Å². The fourth-order valence-corrected chi connectivity index (χ4v) is 3.16. The molecule has 6 nitrogen and oxygen atoms in total. The lowest BCUT2D eigenvalue weighted by atomic mass is 10.0. The van der Waals surface area contributed by atoms with Crippen LogP contribution < -0.4 is 10.6 Å². The van der Waals surface area contributed by atoms with Crippen molar-refractivity contribution in [1.82, 2.24) is 15.6 Å². The van der Waals surface area contributed by atoms with Gasteiger partial charge in [-0.05, 0) is 41.8 Å². The van der Waals surface area contributed by atoms with Crippen molar-refractivity contribution in [3.05, 3.63) is 89.5 Å². The molecule has 158 valence electrons. The number of carbonyl (C=O) groups excluding carboxylic acids is 1. The van der Waals surface area contributed by atoms with Gasteiger partial charge in [-0.1, -0.05) is 36.4 Å². The van der Waals surface area contributed by atoms with Crippen molar-refractivity contribution >= 4 is 5.91 Å². The van der Waals surface area contributed by atoms with Crippen molar-refractivity contribution in [2.24, 2.45) is 0 Å². The quantitative estimate of drug-likeness (QED) is 0.553. The molecule has 0 saturated heterocycles. The molecule has 1 aliphatic carbocycles. The monoisotopic (exact) mass is 411 g/mol. The summed E-state index contributed by atoms with van der Waals surface area (Å²) in [6.07, 6.45) is 7.15. The zero-order valence-electron chi connectivity index (χ0n) is 16.8. The molecule has 1 aromatic carbocycles. The molecule has 3 atom stereocenters. The van der Waals surface area contributed by atoms with Gasteiger partial charge in [0.25, 0.3) is 0 Å². The van der Waals surface area contributed by atoms with Crippen molar-refractivity contribution in [1.29, 1.82) is 0 Å². The van der Waals surface area contributed by atoms with E-state index in [2.05, 4.69) is 15.6 Å². The highest BCUT2D eigenvalue weighted by Crippen LogP contribution is 2.17. The van der Waals surface area contributed by atoms with Crippen LogP contribution >= 0.6 is 0 Å². The average Bonchev–Trinajstić information content (AvgIpc) is 2.75. The van der Waals surface area contributed by atoms with Crippen LogP contribution in [0.1, 0.15) is 30.6 Å². The van der Waals surface area contributed by atoms with E-state index < -0.39 is 12.3 Å². The first-order chi connectivity index (χ1) is 14.5. The Labute approximate surface area is 175 Å². The summed E-state index contributed by atoms with van der Waals surface area (Å²) in [6, 6.07) is 11.1. The van der Waals surface area contributed by atoms with E-state index in [9.17, 15) is 14.3 Å². The number of halogens is 1. The Morgan fingerprint density at radius 2 is 2.20 bits per heavy atom. The third-order valence-corrected chi connectivity index (χ3v) is 4.69. The zero-order valence-corrected chi connectivity index (χ0v) is 16.8. The second-order valence-corrected chi connectivity index (χ2v) is 7.11. The van der Waals surface area contributed by atoms with Crippen LogP contribution in [-0.2, 0) is 16.1 Å². The van der Waals surface area contributed by atoms with Gasteiger partial charge in [0.05, 0.1) is 18.4 Å². The molecule has 1 aromatic heterocycles. The average molecular weight is 411 g/mol. The van der Waals surface area contributed by atoms with Gasteiger partial charge in [0.1, 0.15) is 18.1 Å². The molecule has 1 heterocycles. The van der Waals surface area contributed by atoms with E-state index in [1.165, 1.54) is 19.1 Å². The highest BCUT2D eigenvalue weighted by molar-refractivity contribution is 5.73. The number of nitrogens with one attached hydrogen (secondary N) is 2. The third-order valence-electron chi connectivity index (χ3n) is 4.69. The number of aromatic nitrogens is 1. The minimum absolute atomic E-state index is 0.0809. The van der Waals surface area contributed by atoms with Crippen molar-refractivity contribution in [3.63, 3.8) is 0 Å².